The largest absolute Gasteiger partial charge is 0.357 e. The van der Waals surface area contributed by atoms with Gasteiger partial charge in [0, 0.05) is 43.9 Å². The Labute approximate surface area is 165 Å². The molecule has 28 heavy (non-hydrogen) atoms. The van der Waals surface area contributed by atoms with Gasteiger partial charge in [0.2, 0.25) is 11.8 Å². The van der Waals surface area contributed by atoms with Gasteiger partial charge in [-0.15, -0.1) is 0 Å². The van der Waals surface area contributed by atoms with Gasteiger partial charge >= 0.3 is 0 Å². The number of carbonyl (C=O) groups excluding carboxylic acids is 2. The monoisotopic (exact) mass is 378 g/mol. The Bertz CT molecular complexity index is 844. The highest BCUT2D eigenvalue weighted by molar-refractivity contribution is 5.96. The average Bonchev–Trinajstić information content (AvgIpc) is 3.26. The summed E-state index contributed by atoms with van der Waals surface area (Å²) in [5, 5.41) is 5.87. The van der Waals surface area contributed by atoms with Gasteiger partial charge in [-0.2, -0.15) is 0 Å². The summed E-state index contributed by atoms with van der Waals surface area (Å²) in [7, 11) is 0. The van der Waals surface area contributed by atoms with Crippen molar-refractivity contribution >= 4 is 23.3 Å². The van der Waals surface area contributed by atoms with Crippen LogP contribution in [0.5, 0.6) is 0 Å². The number of rotatable bonds is 6. The minimum atomic E-state index is -0.151. The van der Waals surface area contributed by atoms with E-state index in [2.05, 4.69) is 20.5 Å². The predicted octanol–water partition coefficient (Wildman–Crippen LogP) is 2.89. The lowest BCUT2D eigenvalue weighted by Crippen LogP contribution is -2.31. The minimum absolute atomic E-state index is 0.00759. The van der Waals surface area contributed by atoms with Crippen molar-refractivity contribution in [3.8, 4) is 0 Å². The summed E-state index contributed by atoms with van der Waals surface area (Å²) >= 11 is 0. The predicted molar refractivity (Wildman–Crippen MR) is 109 cm³/mol. The first-order chi connectivity index (χ1) is 13.7. The summed E-state index contributed by atoms with van der Waals surface area (Å²) in [6, 6.07) is 11.9. The number of hydrogen-bond donors (Lipinski definition) is 2. The van der Waals surface area contributed by atoms with E-state index < -0.39 is 0 Å². The highest BCUT2D eigenvalue weighted by atomic mass is 16.2. The van der Waals surface area contributed by atoms with Crippen LogP contribution in [0.1, 0.15) is 36.8 Å². The van der Waals surface area contributed by atoms with Crippen molar-refractivity contribution in [3.05, 3.63) is 53.7 Å². The van der Waals surface area contributed by atoms with E-state index in [1.54, 1.807) is 0 Å². The zero-order chi connectivity index (χ0) is 19.3. The van der Waals surface area contributed by atoms with Crippen LogP contribution in [0, 0.1) is 5.92 Å². The van der Waals surface area contributed by atoms with Gasteiger partial charge in [-0.3, -0.25) is 9.59 Å². The van der Waals surface area contributed by atoms with Crippen LogP contribution >= 0.6 is 0 Å². The fourth-order valence-corrected chi connectivity index (χ4v) is 3.90. The summed E-state index contributed by atoms with van der Waals surface area (Å²) in [6.07, 6.45) is 5.88. The topological polar surface area (TPSA) is 74.3 Å². The molecule has 1 unspecified atom stereocenters. The summed E-state index contributed by atoms with van der Waals surface area (Å²) < 4.78 is 0. The van der Waals surface area contributed by atoms with Crippen LogP contribution < -0.4 is 15.5 Å². The molecule has 1 fully saturated rings. The lowest BCUT2D eigenvalue weighted by Gasteiger charge is -2.24. The molecule has 0 saturated carbocycles. The van der Waals surface area contributed by atoms with Gasteiger partial charge < -0.3 is 15.5 Å². The first-order valence-corrected chi connectivity index (χ1v) is 10.0. The molecule has 2 aromatic rings. The lowest BCUT2D eigenvalue weighted by atomic mass is 9.89. The normalized spacial score (nSPS) is 18.5. The molecule has 0 spiro atoms. The number of nitrogens with one attached hydrogen (secondary N) is 2. The highest BCUT2D eigenvalue weighted by Crippen LogP contribution is 2.27. The second-order valence-corrected chi connectivity index (χ2v) is 7.58. The highest BCUT2D eigenvalue weighted by Gasteiger charge is 2.26. The second-order valence-electron chi connectivity index (χ2n) is 7.58. The molecule has 6 nitrogen and oxygen atoms in total. The van der Waals surface area contributed by atoms with Crippen LogP contribution in [-0.2, 0) is 22.6 Å². The van der Waals surface area contributed by atoms with Gasteiger partial charge in [-0.05, 0) is 48.9 Å². The molecule has 2 aliphatic rings. The molecule has 2 N–H and O–H groups in total. The molecular weight excluding hydrogens is 352 g/mol. The van der Waals surface area contributed by atoms with Gasteiger partial charge in [-0.25, -0.2) is 4.98 Å². The molecule has 2 amide bonds. The minimum Gasteiger partial charge on any atom is -0.357 e. The Kier molecular flexibility index (Phi) is 5.55. The van der Waals surface area contributed by atoms with E-state index in [1.165, 1.54) is 12.8 Å². The van der Waals surface area contributed by atoms with E-state index in [4.69, 9.17) is 0 Å². The lowest BCUT2D eigenvalue weighted by molar-refractivity contribution is -0.122. The maximum absolute atomic E-state index is 12.2. The van der Waals surface area contributed by atoms with Crippen molar-refractivity contribution in [2.24, 2.45) is 5.92 Å². The maximum atomic E-state index is 12.2. The number of fused-ring (bicyclic) bond motifs is 1. The van der Waals surface area contributed by atoms with Gasteiger partial charge in [0.1, 0.15) is 5.82 Å². The van der Waals surface area contributed by atoms with Gasteiger partial charge in [0.15, 0.2) is 0 Å². The van der Waals surface area contributed by atoms with Crippen LogP contribution in [0.15, 0.2) is 42.6 Å². The fraction of sp³-hybridized carbons (Fsp3) is 0.409. The van der Waals surface area contributed by atoms with Crippen molar-refractivity contribution in [1.29, 1.82) is 0 Å². The molecule has 1 saturated heterocycles. The van der Waals surface area contributed by atoms with Crippen molar-refractivity contribution in [1.82, 2.24) is 10.3 Å². The van der Waals surface area contributed by atoms with E-state index in [9.17, 15) is 9.59 Å². The molecule has 1 atom stereocenters. The van der Waals surface area contributed by atoms with E-state index in [0.29, 0.717) is 25.8 Å². The zero-order valence-electron chi connectivity index (χ0n) is 16.0. The Morgan fingerprint density at radius 3 is 2.79 bits per heavy atom. The fourth-order valence-electron chi connectivity index (χ4n) is 3.90. The van der Waals surface area contributed by atoms with E-state index in [-0.39, 0.29) is 17.7 Å². The number of para-hydroxylation sites is 1. The van der Waals surface area contributed by atoms with Crippen LogP contribution in [0.3, 0.4) is 0 Å². The quantitative estimate of drug-likeness (QED) is 0.811. The SMILES string of the molecule is O=C(CCC1Cc2ccccc2NC1=O)NCc1ccc(N2CCCC2)nc1. The Hall–Kier alpha value is -2.89. The molecule has 2 aliphatic heterocycles. The van der Waals surface area contributed by atoms with Crippen molar-refractivity contribution in [3.63, 3.8) is 0 Å². The molecule has 1 aromatic carbocycles. The maximum Gasteiger partial charge on any atom is 0.227 e. The molecular formula is C22H26N4O2. The van der Waals surface area contributed by atoms with Gasteiger partial charge in [0.05, 0.1) is 0 Å². The molecule has 0 aliphatic carbocycles. The van der Waals surface area contributed by atoms with Crippen LogP contribution in [0.25, 0.3) is 0 Å². The molecule has 146 valence electrons. The molecule has 3 heterocycles. The Balaban J connectivity index is 1.23. The number of aromatic nitrogens is 1. The summed E-state index contributed by atoms with van der Waals surface area (Å²) in [4.78, 5) is 31.2. The van der Waals surface area contributed by atoms with Crippen LogP contribution in [-0.4, -0.2) is 29.9 Å². The average molecular weight is 378 g/mol. The third-order valence-corrected chi connectivity index (χ3v) is 5.56. The number of anilines is 2. The summed E-state index contributed by atoms with van der Waals surface area (Å²) in [6.45, 7) is 2.61. The smallest absolute Gasteiger partial charge is 0.227 e. The standard InChI is InChI=1S/C22H26N4O2/c27-21(10-8-18-13-17-5-1-2-6-19(17)25-22(18)28)24-15-16-7-9-20(23-14-16)26-11-3-4-12-26/h1-2,5-7,9,14,18H,3-4,8,10-13,15H2,(H,24,27)(H,25,28). The van der Waals surface area contributed by atoms with E-state index in [0.717, 1.165) is 35.7 Å². The number of pyridine rings is 1. The number of hydrogen-bond acceptors (Lipinski definition) is 4. The molecule has 6 heteroatoms. The van der Waals surface area contributed by atoms with Crippen molar-refractivity contribution in [2.75, 3.05) is 23.3 Å². The zero-order valence-corrected chi connectivity index (χ0v) is 16.0. The first kappa shape index (κ1) is 18.5. The molecule has 0 bridgehead atoms. The molecule has 1 aromatic heterocycles. The Morgan fingerprint density at radius 2 is 2.00 bits per heavy atom. The third-order valence-electron chi connectivity index (χ3n) is 5.56. The molecule has 0 radical (unpaired) electrons. The van der Waals surface area contributed by atoms with Crippen LogP contribution in [0.2, 0.25) is 0 Å². The summed E-state index contributed by atoms with van der Waals surface area (Å²) in [5.74, 6) is 0.835. The van der Waals surface area contributed by atoms with Crippen molar-refractivity contribution in [2.45, 2.75) is 38.6 Å². The third kappa shape index (κ3) is 4.32. The number of benzene rings is 1. The second kappa shape index (κ2) is 8.42. The van der Waals surface area contributed by atoms with Crippen molar-refractivity contribution < 1.29 is 9.59 Å². The number of amides is 2. The Morgan fingerprint density at radius 1 is 1.18 bits per heavy atom. The first-order valence-electron chi connectivity index (χ1n) is 10.0. The van der Waals surface area contributed by atoms with E-state index >= 15 is 0 Å². The van der Waals surface area contributed by atoms with E-state index in [1.807, 2.05) is 42.6 Å². The summed E-state index contributed by atoms with van der Waals surface area (Å²) in [5.41, 5.74) is 3.01. The molecule has 4 rings (SSSR count). The number of nitrogens with zero attached hydrogens (tertiary/aromatic N) is 2. The van der Waals surface area contributed by atoms with Crippen LogP contribution in [0.4, 0.5) is 11.5 Å². The van der Waals surface area contributed by atoms with Gasteiger partial charge in [-0.1, -0.05) is 24.3 Å². The van der Waals surface area contributed by atoms with Gasteiger partial charge in [0.25, 0.3) is 0 Å². The number of carbonyl (C=O) groups is 2.